The Labute approximate surface area is 108 Å². The van der Waals surface area contributed by atoms with Crippen molar-refractivity contribution in [1.29, 1.82) is 0 Å². The fraction of sp³-hybridized carbons (Fsp3) is 0.273. The summed E-state index contributed by atoms with van der Waals surface area (Å²) >= 11 is 0. The Morgan fingerprint density at radius 3 is 2.53 bits per heavy atom. The van der Waals surface area contributed by atoms with E-state index in [1.165, 1.54) is 20.1 Å². The Morgan fingerprint density at radius 1 is 1.32 bits per heavy atom. The molecule has 0 spiro atoms. The van der Waals surface area contributed by atoms with E-state index in [1.807, 2.05) is 5.32 Å². The highest BCUT2D eigenvalue weighted by molar-refractivity contribution is 6.07. The number of carbonyl (C=O) groups is 3. The van der Waals surface area contributed by atoms with Crippen molar-refractivity contribution in [3.8, 4) is 0 Å². The van der Waals surface area contributed by atoms with Gasteiger partial charge in [-0.3, -0.25) is 10.1 Å². The van der Waals surface area contributed by atoms with Crippen LogP contribution in [0.4, 0.5) is 4.79 Å². The highest BCUT2D eigenvalue weighted by Gasteiger charge is 2.15. The number of amides is 3. The number of aromatic nitrogens is 1. The molecule has 0 saturated heterocycles. The summed E-state index contributed by atoms with van der Waals surface area (Å²) in [5.74, 6) is -1.98. The topological polar surface area (TPSA) is 122 Å². The first-order chi connectivity index (χ1) is 8.91. The fourth-order valence-corrected chi connectivity index (χ4v) is 1.07. The van der Waals surface area contributed by atoms with Gasteiger partial charge in [-0.1, -0.05) is 5.16 Å². The summed E-state index contributed by atoms with van der Waals surface area (Å²) in [4.78, 5) is 33.6. The van der Waals surface area contributed by atoms with E-state index in [4.69, 9.17) is 5.11 Å². The van der Waals surface area contributed by atoms with Gasteiger partial charge in [-0.2, -0.15) is 0 Å². The van der Waals surface area contributed by atoms with E-state index >= 15 is 0 Å². The predicted molar refractivity (Wildman–Crippen MR) is 62.9 cm³/mol. The van der Waals surface area contributed by atoms with Crippen LogP contribution in [0, 0.1) is 0 Å². The zero-order valence-corrected chi connectivity index (χ0v) is 10.4. The molecular formula is C11H13N3O5. The molecule has 102 valence electrons. The Bertz CT molecular complexity index is 518. The molecule has 1 rings (SSSR count). The molecule has 3 N–H and O–H groups in total. The van der Waals surface area contributed by atoms with Crippen LogP contribution in [0.2, 0.25) is 0 Å². The lowest BCUT2D eigenvalue weighted by molar-refractivity contribution is -0.133. The average Bonchev–Trinajstić information content (AvgIpc) is 2.87. The van der Waals surface area contributed by atoms with E-state index in [9.17, 15) is 14.4 Å². The minimum Gasteiger partial charge on any atom is -0.478 e. The molecule has 0 aliphatic rings. The standard InChI is InChI=1S/C11H13N3O5/c1-6(7(2)10(16)17)9(15)13-11(18)12-5-8-3-4-19-14-8/h3-4H,5H2,1-2H3,(H,16,17)(H2,12,13,15,18)/b7-6+. The zero-order chi connectivity index (χ0) is 14.4. The first-order valence-corrected chi connectivity index (χ1v) is 5.31. The molecule has 0 aromatic carbocycles. The van der Waals surface area contributed by atoms with Crippen molar-refractivity contribution in [2.45, 2.75) is 20.4 Å². The molecule has 1 aromatic rings. The molecule has 0 radical (unpaired) electrons. The second-order valence-electron chi connectivity index (χ2n) is 3.68. The van der Waals surface area contributed by atoms with E-state index < -0.39 is 17.9 Å². The molecule has 0 bridgehead atoms. The number of nitrogens with one attached hydrogen (secondary N) is 2. The molecular weight excluding hydrogens is 254 g/mol. The predicted octanol–water partition coefficient (Wildman–Crippen LogP) is 0.421. The maximum Gasteiger partial charge on any atom is 0.331 e. The largest absolute Gasteiger partial charge is 0.478 e. The van der Waals surface area contributed by atoms with Gasteiger partial charge >= 0.3 is 12.0 Å². The number of carboxylic acid groups (broad SMARTS) is 1. The van der Waals surface area contributed by atoms with Crippen LogP contribution in [0.5, 0.6) is 0 Å². The number of nitrogens with zero attached hydrogens (tertiary/aromatic N) is 1. The molecule has 0 atom stereocenters. The van der Waals surface area contributed by atoms with Crippen LogP contribution >= 0.6 is 0 Å². The van der Waals surface area contributed by atoms with Gasteiger partial charge in [0.15, 0.2) is 0 Å². The third-order valence-corrected chi connectivity index (χ3v) is 2.37. The number of aliphatic carboxylic acids is 1. The summed E-state index contributed by atoms with van der Waals surface area (Å²) in [7, 11) is 0. The number of carboxylic acids is 1. The SMILES string of the molecule is C/C(C(=O)O)=C(/C)C(=O)NC(=O)NCc1ccon1. The molecule has 1 aromatic heterocycles. The van der Waals surface area contributed by atoms with Crippen molar-refractivity contribution in [3.63, 3.8) is 0 Å². The maximum atomic E-state index is 11.5. The number of imide groups is 1. The monoisotopic (exact) mass is 267 g/mol. The van der Waals surface area contributed by atoms with Crippen LogP contribution in [0.25, 0.3) is 0 Å². The molecule has 0 fully saturated rings. The van der Waals surface area contributed by atoms with Crippen LogP contribution in [-0.2, 0) is 16.1 Å². The van der Waals surface area contributed by atoms with Gasteiger partial charge in [-0.25, -0.2) is 9.59 Å². The quantitative estimate of drug-likeness (QED) is 0.680. The Balaban J connectivity index is 2.50. The summed E-state index contributed by atoms with van der Waals surface area (Å²) in [5.41, 5.74) is 0.336. The van der Waals surface area contributed by atoms with E-state index in [1.54, 1.807) is 6.07 Å². The van der Waals surface area contributed by atoms with Gasteiger partial charge in [-0.05, 0) is 13.8 Å². The Morgan fingerprint density at radius 2 is 2.00 bits per heavy atom. The van der Waals surface area contributed by atoms with Crippen LogP contribution < -0.4 is 10.6 Å². The Hall–Kier alpha value is -2.64. The molecule has 0 aliphatic heterocycles. The first kappa shape index (κ1) is 14.4. The number of rotatable bonds is 4. The average molecular weight is 267 g/mol. The normalized spacial score (nSPS) is 11.5. The lowest BCUT2D eigenvalue weighted by Crippen LogP contribution is -2.39. The number of hydrogen-bond donors (Lipinski definition) is 3. The van der Waals surface area contributed by atoms with Gasteiger partial charge < -0.3 is 14.9 Å². The summed E-state index contributed by atoms with van der Waals surface area (Å²) in [5, 5.41) is 16.7. The Kier molecular flexibility index (Phi) is 4.81. The van der Waals surface area contributed by atoms with Crippen molar-refractivity contribution >= 4 is 17.9 Å². The molecule has 0 saturated carbocycles. The van der Waals surface area contributed by atoms with Crippen molar-refractivity contribution in [2.24, 2.45) is 0 Å². The summed E-state index contributed by atoms with van der Waals surface area (Å²) in [6.07, 6.45) is 1.35. The van der Waals surface area contributed by atoms with E-state index in [2.05, 4.69) is 15.0 Å². The van der Waals surface area contributed by atoms with Crippen molar-refractivity contribution in [3.05, 3.63) is 29.2 Å². The van der Waals surface area contributed by atoms with Gasteiger partial charge in [0, 0.05) is 17.2 Å². The van der Waals surface area contributed by atoms with Crippen molar-refractivity contribution < 1.29 is 24.0 Å². The van der Waals surface area contributed by atoms with Crippen molar-refractivity contribution in [1.82, 2.24) is 15.8 Å². The first-order valence-electron chi connectivity index (χ1n) is 5.31. The minimum atomic E-state index is -1.21. The summed E-state index contributed by atoms with van der Waals surface area (Å²) < 4.78 is 4.56. The van der Waals surface area contributed by atoms with Gasteiger partial charge in [-0.15, -0.1) is 0 Å². The van der Waals surface area contributed by atoms with Crippen LogP contribution in [0.1, 0.15) is 19.5 Å². The maximum absolute atomic E-state index is 11.5. The van der Waals surface area contributed by atoms with Crippen LogP contribution in [-0.4, -0.2) is 28.2 Å². The zero-order valence-electron chi connectivity index (χ0n) is 10.4. The van der Waals surface area contributed by atoms with Crippen molar-refractivity contribution in [2.75, 3.05) is 0 Å². The van der Waals surface area contributed by atoms with E-state index in [0.29, 0.717) is 5.69 Å². The molecule has 19 heavy (non-hydrogen) atoms. The highest BCUT2D eigenvalue weighted by Crippen LogP contribution is 2.03. The number of carbonyl (C=O) groups excluding carboxylic acids is 2. The second-order valence-corrected chi connectivity index (χ2v) is 3.68. The highest BCUT2D eigenvalue weighted by atomic mass is 16.5. The summed E-state index contributed by atoms with van der Waals surface area (Å²) in [6.45, 7) is 2.70. The van der Waals surface area contributed by atoms with E-state index in [-0.39, 0.29) is 17.7 Å². The third-order valence-electron chi connectivity index (χ3n) is 2.37. The van der Waals surface area contributed by atoms with Gasteiger partial charge in [0.05, 0.1) is 6.54 Å². The van der Waals surface area contributed by atoms with Crippen LogP contribution in [0.3, 0.4) is 0 Å². The number of urea groups is 1. The van der Waals surface area contributed by atoms with Gasteiger partial charge in [0.25, 0.3) is 5.91 Å². The van der Waals surface area contributed by atoms with Gasteiger partial charge in [0.1, 0.15) is 12.0 Å². The lowest BCUT2D eigenvalue weighted by Gasteiger charge is -2.06. The molecule has 1 heterocycles. The minimum absolute atomic E-state index is 0.0379. The van der Waals surface area contributed by atoms with E-state index in [0.717, 1.165) is 0 Å². The molecule has 0 aliphatic carbocycles. The third kappa shape index (κ3) is 4.26. The smallest absolute Gasteiger partial charge is 0.331 e. The summed E-state index contributed by atoms with van der Waals surface area (Å²) in [6, 6.07) is 0.812. The lowest BCUT2D eigenvalue weighted by atomic mass is 10.1. The van der Waals surface area contributed by atoms with Crippen LogP contribution in [0.15, 0.2) is 28.0 Å². The molecule has 8 heteroatoms. The molecule has 8 nitrogen and oxygen atoms in total. The number of hydrogen-bond acceptors (Lipinski definition) is 5. The molecule has 3 amide bonds. The second kappa shape index (κ2) is 6.34. The van der Waals surface area contributed by atoms with Gasteiger partial charge in [0.2, 0.25) is 0 Å². The molecule has 0 unspecified atom stereocenters. The fourth-order valence-electron chi connectivity index (χ4n) is 1.07.